The van der Waals surface area contributed by atoms with Crippen LogP contribution in [0.4, 0.5) is 0 Å². The summed E-state index contributed by atoms with van der Waals surface area (Å²) in [6.45, 7) is 5.73. The molecule has 0 radical (unpaired) electrons. The molecule has 0 amide bonds. The first kappa shape index (κ1) is 20.1. The number of unbranched alkanes of at least 4 members (excludes halogenated alkanes) is 14. The van der Waals surface area contributed by atoms with Crippen molar-refractivity contribution in [2.24, 2.45) is 0 Å². The molecule has 0 aromatic carbocycles. The van der Waals surface area contributed by atoms with Crippen LogP contribution in [0.1, 0.15) is 103 Å². The van der Waals surface area contributed by atoms with Crippen LogP contribution < -0.4 is 0 Å². The lowest BCUT2D eigenvalue weighted by Gasteiger charge is -2.02. The molecule has 0 aliphatic carbocycles. The van der Waals surface area contributed by atoms with E-state index in [4.69, 9.17) is 4.74 Å². The molecule has 122 valence electrons. The minimum Gasteiger partial charge on any atom is -0.416 e. The van der Waals surface area contributed by atoms with Gasteiger partial charge < -0.3 is 4.74 Å². The van der Waals surface area contributed by atoms with Gasteiger partial charge in [0, 0.05) is 6.42 Å². The largest absolute Gasteiger partial charge is 0.416 e. The molecule has 0 N–H and O–H groups in total. The van der Waals surface area contributed by atoms with Crippen LogP contribution in [0.25, 0.3) is 0 Å². The lowest BCUT2D eigenvalue weighted by Crippen LogP contribution is -1.83. The Balaban J connectivity index is 3.00. The molecule has 0 spiro atoms. The summed E-state index contributed by atoms with van der Waals surface area (Å²) in [7, 11) is 0. The van der Waals surface area contributed by atoms with Crippen LogP contribution in [0.5, 0.6) is 0 Å². The second kappa shape index (κ2) is 19.1. The van der Waals surface area contributed by atoms with E-state index in [9.17, 15) is 0 Å². The lowest BCUT2D eigenvalue weighted by molar-refractivity contribution is 0.441. The highest BCUT2D eigenvalue weighted by atomic mass is 16.5. The van der Waals surface area contributed by atoms with E-state index >= 15 is 0 Å². The van der Waals surface area contributed by atoms with Crippen LogP contribution >= 0.6 is 0 Å². The average Bonchev–Trinajstić information content (AvgIpc) is 2.50. The van der Waals surface area contributed by atoms with Gasteiger partial charge in [-0.15, -0.1) is 0 Å². The van der Waals surface area contributed by atoms with Gasteiger partial charge in [0.1, 0.15) is 6.11 Å². The average molecular weight is 293 g/mol. The van der Waals surface area contributed by atoms with Gasteiger partial charge in [-0.05, 0) is 6.42 Å². The van der Waals surface area contributed by atoms with Crippen LogP contribution in [0.15, 0.2) is 12.8 Å². The quantitative estimate of drug-likeness (QED) is 0.180. The number of ether oxygens (including phenoxy) is 1. The van der Waals surface area contributed by atoms with Crippen LogP contribution in [0.3, 0.4) is 0 Å². The summed E-state index contributed by atoms with van der Waals surface area (Å²) in [5.74, 6) is 2.99. The number of rotatable bonds is 15. The molecule has 0 saturated heterocycles. The Morgan fingerprint density at radius 2 is 1.14 bits per heavy atom. The van der Waals surface area contributed by atoms with Gasteiger partial charge in [-0.2, -0.15) is 0 Å². The van der Waals surface area contributed by atoms with Gasteiger partial charge in [-0.3, -0.25) is 0 Å². The van der Waals surface area contributed by atoms with Crippen molar-refractivity contribution in [1.82, 2.24) is 0 Å². The second-order valence-corrected chi connectivity index (χ2v) is 5.91. The van der Waals surface area contributed by atoms with Gasteiger partial charge in [0.2, 0.25) is 0 Å². The molecule has 0 rings (SSSR count). The van der Waals surface area contributed by atoms with Crippen LogP contribution in [-0.2, 0) is 4.74 Å². The first-order valence-corrected chi connectivity index (χ1v) is 9.16. The predicted octanol–water partition coefficient (Wildman–Crippen LogP) is 6.98. The highest BCUT2D eigenvalue weighted by molar-refractivity contribution is 4.92. The summed E-state index contributed by atoms with van der Waals surface area (Å²) in [4.78, 5) is 0. The first-order chi connectivity index (χ1) is 10.4. The van der Waals surface area contributed by atoms with E-state index in [1.54, 1.807) is 0 Å². The van der Waals surface area contributed by atoms with Crippen molar-refractivity contribution in [2.75, 3.05) is 0 Å². The lowest BCUT2D eigenvalue weighted by atomic mass is 10.0. The molecule has 0 aromatic rings. The Morgan fingerprint density at radius 1 is 0.714 bits per heavy atom. The maximum Gasteiger partial charge on any atom is 0.115 e. The minimum absolute atomic E-state index is 0.950. The molecule has 0 saturated carbocycles. The first-order valence-electron chi connectivity index (χ1n) is 9.16. The van der Waals surface area contributed by atoms with E-state index in [0.29, 0.717) is 0 Å². The Kier molecular flexibility index (Phi) is 18.3. The molecule has 1 heteroatoms. The van der Waals surface area contributed by atoms with Crippen molar-refractivity contribution >= 4 is 0 Å². The fourth-order valence-electron chi connectivity index (χ4n) is 2.54. The van der Waals surface area contributed by atoms with Crippen LogP contribution in [0.2, 0.25) is 0 Å². The zero-order valence-electron chi connectivity index (χ0n) is 14.3. The normalized spacial score (nSPS) is 9.95. The molecule has 0 fully saturated rings. The molecule has 0 atom stereocenters. The molecule has 0 aliphatic heterocycles. The standard InChI is InChI=1S/C20H36O/c1-3-5-6-7-8-9-10-11-12-13-14-15-16-17-18-19-20-21-4-2/h4H,2-3,5-18H2,1H3. The number of hydrogen-bond donors (Lipinski definition) is 0. The summed E-state index contributed by atoms with van der Waals surface area (Å²) in [6.07, 6.45) is 24.5. The van der Waals surface area contributed by atoms with Gasteiger partial charge in [-0.1, -0.05) is 103 Å². The SMILES string of the molecule is C=COC#CCCCCCCCCCCCCCCCC. The molecule has 0 heterocycles. The van der Waals surface area contributed by atoms with Crippen molar-refractivity contribution in [3.63, 3.8) is 0 Å². The zero-order valence-corrected chi connectivity index (χ0v) is 14.3. The van der Waals surface area contributed by atoms with E-state index in [-0.39, 0.29) is 0 Å². The minimum atomic E-state index is 0.950. The Morgan fingerprint density at radius 3 is 1.57 bits per heavy atom. The highest BCUT2D eigenvalue weighted by Gasteiger charge is 1.93. The molecule has 0 aliphatic rings. The fraction of sp³-hybridized carbons (Fsp3) is 0.800. The monoisotopic (exact) mass is 292 g/mol. The van der Waals surface area contributed by atoms with Crippen molar-refractivity contribution in [3.8, 4) is 12.0 Å². The van der Waals surface area contributed by atoms with E-state index in [1.165, 1.54) is 96.2 Å². The molecule has 0 aromatic heterocycles. The topological polar surface area (TPSA) is 9.23 Å². The van der Waals surface area contributed by atoms with Crippen molar-refractivity contribution < 1.29 is 4.74 Å². The number of hydrogen-bond acceptors (Lipinski definition) is 1. The van der Waals surface area contributed by atoms with Gasteiger partial charge in [0.05, 0.1) is 6.26 Å². The molecule has 21 heavy (non-hydrogen) atoms. The Hall–Kier alpha value is -0.900. The summed E-state index contributed by atoms with van der Waals surface area (Å²) < 4.78 is 4.76. The highest BCUT2D eigenvalue weighted by Crippen LogP contribution is 2.13. The maximum absolute atomic E-state index is 4.76. The van der Waals surface area contributed by atoms with Crippen LogP contribution in [0, 0.1) is 12.0 Å². The van der Waals surface area contributed by atoms with E-state index in [1.807, 2.05) is 0 Å². The zero-order chi connectivity index (χ0) is 15.4. The van der Waals surface area contributed by atoms with Crippen molar-refractivity contribution in [2.45, 2.75) is 103 Å². The van der Waals surface area contributed by atoms with Gasteiger partial charge >= 0.3 is 0 Å². The summed E-state index contributed by atoms with van der Waals surface area (Å²) in [5, 5.41) is 0. The molecular weight excluding hydrogens is 256 g/mol. The predicted molar refractivity (Wildman–Crippen MR) is 94.0 cm³/mol. The van der Waals surface area contributed by atoms with E-state index in [2.05, 4.69) is 25.5 Å². The van der Waals surface area contributed by atoms with Crippen molar-refractivity contribution in [3.05, 3.63) is 12.8 Å². The van der Waals surface area contributed by atoms with Crippen molar-refractivity contribution in [1.29, 1.82) is 0 Å². The van der Waals surface area contributed by atoms with Crippen LogP contribution in [-0.4, -0.2) is 0 Å². The third-order valence-corrected chi connectivity index (χ3v) is 3.87. The van der Waals surface area contributed by atoms with Gasteiger partial charge in [0.25, 0.3) is 0 Å². The fourth-order valence-corrected chi connectivity index (χ4v) is 2.54. The Bertz CT molecular complexity index is 259. The molecule has 0 unspecified atom stereocenters. The summed E-state index contributed by atoms with van der Waals surface area (Å²) in [5.41, 5.74) is 0. The third kappa shape index (κ3) is 19.1. The Labute approximate surface area is 133 Å². The molecule has 1 nitrogen and oxygen atoms in total. The van der Waals surface area contributed by atoms with E-state index < -0.39 is 0 Å². The molecule has 0 bridgehead atoms. The molecular formula is C20H36O. The van der Waals surface area contributed by atoms with Gasteiger partial charge in [-0.25, -0.2) is 0 Å². The summed E-state index contributed by atoms with van der Waals surface area (Å²) >= 11 is 0. The summed E-state index contributed by atoms with van der Waals surface area (Å²) in [6, 6.07) is 0. The second-order valence-electron chi connectivity index (χ2n) is 5.91. The maximum atomic E-state index is 4.76. The van der Waals surface area contributed by atoms with Gasteiger partial charge in [0.15, 0.2) is 0 Å². The third-order valence-electron chi connectivity index (χ3n) is 3.87. The van der Waals surface area contributed by atoms with E-state index in [0.717, 1.165) is 6.42 Å². The smallest absolute Gasteiger partial charge is 0.115 e.